The minimum atomic E-state index is -0.139. The first-order chi connectivity index (χ1) is 8.45. The van der Waals surface area contributed by atoms with Gasteiger partial charge >= 0.3 is 6.03 Å². The highest BCUT2D eigenvalue weighted by Crippen LogP contribution is 2.14. The van der Waals surface area contributed by atoms with Crippen molar-refractivity contribution in [1.29, 1.82) is 0 Å². The lowest BCUT2D eigenvalue weighted by atomic mass is 10.2. The van der Waals surface area contributed by atoms with Crippen molar-refractivity contribution < 1.29 is 14.1 Å². The van der Waals surface area contributed by atoms with E-state index in [1.165, 1.54) is 0 Å². The monoisotopic (exact) mass is 255 g/mol. The second-order valence-corrected chi connectivity index (χ2v) is 4.46. The summed E-state index contributed by atoms with van der Waals surface area (Å²) in [6.07, 6.45) is 0. The predicted octanol–water partition coefficient (Wildman–Crippen LogP) is 1.47. The van der Waals surface area contributed by atoms with Gasteiger partial charge in [0.2, 0.25) is 0 Å². The molecule has 1 aromatic rings. The number of nitrogens with zero attached hydrogens (tertiary/aromatic N) is 2. The van der Waals surface area contributed by atoms with Crippen LogP contribution < -0.4 is 5.32 Å². The van der Waals surface area contributed by atoms with Gasteiger partial charge in [0.15, 0.2) is 0 Å². The Bertz CT molecular complexity index is 384. The number of nitrogens with one attached hydrogen (secondary N) is 1. The first-order valence-electron chi connectivity index (χ1n) is 5.88. The Labute approximate surface area is 107 Å². The van der Waals surface area contributed by atoms with Gasteiger partial charge in [0.25, 0.3) is 0 Å². The van der Waals surface area contributed by atoms with Crippen LogP contribution in [-0.2, 0) is 11.3 Å². The molecule has 0 spiro atoms. The quantitative estimate of drug-likeness (QED) is 0.865. The van der Waals surface area contributed by atoms with E-state index >= 15 is 0 Å². The fourth-order valence-corrected chi connectivity index (χ4v) is 1.65. The number of hydrogen-bond donors (Lipinski definition) is 1. The standard InChI is InChI=1S/C12H21N3O3/c1-8(7-17-5)13-12(16)15(4)6-11-9(2)14-18-10(11)3/h8H,6-7H2,1-5H3,(H,13,16). The molecule has 6 heteroatoms. The molecule has 1 rings (SSSR count). The Hall–Kier alpha value is -1.56. The van der Waals surface area contributed by atoms with E-state index in [1.54, 1.807) is 19.1 Å². The van der Waals surface area contributed by atoms with Gasteiger partial charge in [-0.05, 0) is 20.8 Å². The van der Waals surface area contributed by atoms with Crippen molar-refractivity contribution in [2.75, 3.05) is 20.8 Å². The minimum Gasteiger partial charge on any atom is -0.383 e. The van der Waals surface area contributed by atoms with Crippen LogP contribution in [0.15, 0.2) is 4.52 Å². The third kappa shape index (κ3) is 3.73. The summed E-state index contributed by atoms with van der Waals surface area (Å²) in [6.45, 7) is 6.57. The van der Waals surface area contributed by atoms with Crippen molar-refractivity contribution in [2.24, 2.45) is 0 Å². The van der Waals surface area contributed by atoms with Crippen molar-refractivity contribution in [3.8, 4) is 0 Å². The zero-order valence-corrected chi connectivity index (χ0v) is 11.6. The number of rotatable bonds is 5. The molecule has 0 aliphatic rings. The molecule has 0 saturated heterocycles. The summed E-state index contributed by atoms with van der Waals surface area (Å²) in [6, 6.07) is -0.158. The molecule has 0 bridgehead atoms. The van der Waals surface area contributed by atoms with Crippen molar-refractivity contribution in [3.05, 3.63) is 17.0 Å². The van der Waals surface area contributed by atoms with E-state index in [-0.39, 0.29) is 12.1 Å². The average Bonchev–Trinajstić information content (AvgIpc) is 2.60. The maximum absolute atomic E-state index is 11.9. The normalized spacial score (nSPS) is 12.3. The van der Waals surface area contributed by atoms with E-state index in [4.69, 9.17) is 9.26 Å². The highest BCUT2D eigenvalue weighted by molar-refractivity contribution is 5.74. The summed E-state index contributed by atoms with van der Waals surface area (Å²) >= 11 is 0. The lowest BCUT2D eigenvalue weighted by Gasteiger charge is -2.20. The number of aromatic nitrogens is 1. The van der Waals surface area contributed by atoms with Crippen LogP contribution in [0.25, 0.3) is 0 Å². The molecule has 1 unspecified atom stereocenters. The molecule has 18 heavy (non-hydrogen) atoms. The molecule has 1 aromatic heterocycles. The molecular formula is C12H21N3O3. The van der Waals surface area contributed by atoms with Gasteiger partial charge in [-0.25, -0.2) is 4.79 Å². The zero-order chi connectivity index (χ0) is 13.7. The van der Waals surface area contributed by atoms with Crippen LogP contribution in [-0.4, -0.2) is 42.9 Å². The van der Waals surface area contributed by atoms with Gasteiger partial charge in [0, 0.05) is 19.7 Å². The number of aryl methyl sites for hydroxylation is 2. The van der Waals surface area contributed by atoms with Crippen molar-refractivity contribution >= 4 is 6.03 Å². The lowest BCUT2D eigenvalue weighted by Crippen LogP contribution is -2.43. The first-order valence-corrected chi connectivity index (χ1v) is 5.88. The Morgan fingerprint density at radius 3 is 2.72 bits per heavy atom. The van der Waals surface area contributed by atoms with E-state index in [1.807, 2.05) is 20.8 Å². The summed E-state index contributed by atoms with van der Waals surface area (Å²) in [5.74, 6) is 0.747. The SMILES string of the molecule is COCC(C)NC(=O)N(C)Cc1c(C)noc1C. The molecule has 0 fully saturated rings. The van der Waals surface area contributed by atoms with Crippen molar-refractivity contribution in [2.45, 2.75) is 33.4 Å². The molecule has 1 atom stereocenters. The number of ether oxygens (including phenoxy) is 1. The maximum Gasteiger partial charge on any atom is 0.317 e. The second kappa shape index (κ2) is 6.39. The largest absolute Gasteiger partial charge is 0.383 e. The van der Waals surface area contributed by atoms with Gasteiger partial charge in [-0.15, -0.1) is 0 Å². The summed E-state index contributed by atoms with van der Waals surface area (Å²) in [4.78, 5) is 13.5. The van der Waals surface area contributed by atoms with Gasteiger partial charge in [-0.1, -0.05) is 5.16 Å². The highest BCUT2D eigenvalue weighted by Gasteiger charge is 2.16. The number of carbonyl (C=O) groups excluding carboxylic acids is 1. The van der Waals surface area contributed by atoms with Gasteiger partial charge < -0.3 is 19.5 Å². The van der Waals surface area contributed by atoms with Crippen molar-refractivity contribution in [1.82, 2.24) is 15.4 Å². The molecular weight excluding hydrogens is 234 g/mol. The summed E-state index contributed by atoms with van der Waals surface area (Å²) in [7, 11) is 3.34. The average molecular weight is 255 g/mol. The summed E-state index contributed by atoms with van der Waals surface area (Å²) in [5, 5.41) is 6.71. The summed E-state index contributed by atoms with van der Waals surface area (Å²) in [5.41, 5.74) is 1.77. The third-order valence-corrected chi connectivity index (χ3v) is 2.71. The van der Waals surface area contributed by atoms with Crippen LogP contribution in [0.5, 0.6) is 0 Å². The number of urea groups is 1. The molecule has 102 valence electrons. The molecule has 0 saturated carbocycles. The van der Waals surface area contributed by atoms with E-state index in [0.29, 0.717) is 13.2 Å². The van der Waals surface area contributed by atoms with Gasteiger partial charge in [-0.3, -0.25) is 0 Å². The van der Waals surface area contributed by atoms with E-state index in [0.717, 1.165) is 17.0 Å². The van der Waals surface area contributed by atoms with Gasteiger partial charge in [0.1, 0.15) is 5.76 Å². The number of methoxy groups -OCH3 is 1. The Morgan fingerprint density at radius 1 is 1.56 bits per heavy atom. The number of amides is 2. The molecule has 2 amide bonds. The van der Waals surface area contributed by atoms with Crippen LogP contribution in [0.4, 0.5) is 4.79 Å². The van der Waals surface area contributed by atoms with Gasteiger partial charge in [-0.2, -0.15) is 0 Å². The van der Waals surface area contributed by atoms with Crippen LogP contribution >= 0.6 is 0 Å². The predicted molar refractivity (Wildman–Crippen MR) is 67.3 cm³/mol. The summed E-state index contributed by atoms with van der Waals surface area (Å²) < 4.78 is 10.0. The minimum absolute atomic E-state index is 0.0189. The van der Waals surface area contributed by atoms with Crippen LogP contribution in [0.2, 0.25) is 0 Å². The van der Waals surface area contributed by atoms with E-state index < -0.39 is 0 Å². The fourth-order valence-electron chi connectivity index (χ4n) is 1.65. The molecule has 6 nitrogen and oxygen atoms in total. The molecule has 0 aliphatic heterocycles. The van der Waals surface area contributed by atoms with Gasteiger partial charge in [0.05, 0.1) is 24.9 Å². The van der Waals surface area contributed by atoms with Crippen LogP contribution in [0.3, 0.4) is 0 Å². The molecule has 1 N–H and O–H groups in total. The molecule has 0 aliphatic carbocycles. The number of carbonyl (C=O) groups is 1. The highest BCUT2D eigenvalue weighted by atomic mass is 16.5. The fraction of sp³-hybridized carbons (Fsp3) is 0.667. The lowest BCUT2D eigenvalue weighted by molar-refractivity contribution is 0.162. The molecule has 0 aromatic carbocycles. The van der Waals surface area contributed by atoms with E-state index in [9.17, 15) is 4.79 Å². The molecule has 0 radical (unpaired) electrons. The Kier molecular flexibility index (Phi) is 5.15. The third-order valence-electron chi connectivity index (χ3n) is 2.71. The zero-order valence-electron chi connectivity index (χ0n) is 11.6. The second-order valence-electron chi connectivity index (χ2n) is 4.46. The topological polar surface area (TPSA) is 67.6 Å². The Balaban J connectivity index is 2.55. The smallest absolute Gasteiger partial charge is 0.317 e. The van der Waals surface area contributed by atoms with Crippen molar-refractivity contribution in [3.63, 3.8) is 0 Å². The van der Waals surface area contributed by atoms with Crippen LogP contribution in [0.1, 0.15) is 23.9 Å². The molecule has 1 heterocycles. The maximum atomic E-state index is 11.9. The number of hydrogen-bond acceptors (Lipinski definition) is 4. The first kappa shape index (κ1) is 14.5. The Morgan fingerprint density at radius 2 is 2.22 bits per heavy atom. The van der Waals surface area contributed by atoms with E-state index in [2.05, 4.69) is 10.5 Å². The van der Waals surface area contributed by atoms with Crippen LogP contribution in [0, 0.1) is 13.8 Å².